The van der Waals surface area contributed by atoms with Gasteiger partial charge in [0.15, 0.2) is 5.43 Å². The Hall–Kier alpha value is -3.02. The molecule has 1 aromatic carbocycles. The van der Waals surface area contributed by atoms with Crippen molar-refractivity contribution in [3.8, 4) is 11.1 Å². The average Bonchev–Trinajstić information content (AvgIpc) is 2.57. The normalized spacial score (nSPS) is 10.7. The largest absolute Gasteiger partial charge is 0.449 e. The van der Waals surface area contributed by atoms with E-state index >= 15 is 0 Å². The Morgan fingerprint density at radius 3 is 2.74 bits per heavy atom. The molecule has 2 heterocycles. The van der Waals surface area contributed by atoms with Gasteiger partial charge in [-0.1, -0.05) is 12.1 Å². The number of hydrogen-bond acceptors (Lipinski definition) is 4. The number of rotatable bonds is 2. The van der Waals surface area contributed by atoms with Crippen molar-refractivity contribution in [2.75, 3.05) is 6.61 Å². The minimum Gasteiger partial charge on any atom is -0.449 e. The Morgan fingerprint density at radius 2 is 2.04 bits per heavy atom. The maximum absolute atomic E-state index is 13.0. The number of fused-ring (bicyclic) bond motifs is 1. The standard InChI is InChI=1S/C17H13FN2O3/c1-2-23-17(22)20-10-13(11-7-8-15(18)19-9-11)16(21)12-5-3-4-6-14(12)20/h3-10H,2H2,1H3. The van der Waals surface area contributed by atoms with Gasteiger partial charge < -0.3 is 4.74 Å². The first-order valence-corrected chi connectivity index (χ1v) is 7.05. The second-order valence-corrected chi connectivity index (χ2v) is 4.83. The van der Waals surface area contributed by atoms with E-state index in [0.717, 1.165) is 0 Å². The van der Waals surface area contributed by atoms with Crippen LogP contribution in [0.25, 0.3) is 22.0 Å². The lowest BCUT2D eigenvalue weighted by Crippen LogP contribution is -2.19. The molecule has 6 heteroatoms. The van der Waals surface area contributed by atoms with Crippen molar-refractivity contribution in [2.45, 2.75) is 6.92 Å². The molecule has 3 rings (SSSR count). The van der Waals surface area contributed by atoms with Gasteiger partial charge in [0.25, 0.3) is 0 Å². The minimum atomic E-state index is -0.639. The van der Waals surface area contributed by atoms with Gasteiger partial charge in [-0.05, 0) is 31.2 Å². The molecule has 0 aliphatic rings. The van der Waals surface area contributed by atoms with E-state index in [1.807, 2.05) is 0 Å². The Bertz CT molecular complexity index is 933. The maximum atomic E-state index is 13.0. The molecule has 0 amide bonds. The highest BCUT2D eigenvalue weighted by Crippen LogP contribution is 2.19. The number of para-hydroxylation sites is 1. The summed E-state index contributed by atoms with van der Waals surface area (Å²) in [5.41, 5.74) is 0.883. The molecule has 2 aromatic heterocycles. The van der Waals surface area contributed by atoms with Gasteiger partial charge in [-0.15, -0.1) is 0 Å². The minimum absolute atomic E-state index is 0.215. The lowest BCUT2D eigenvalue weighted by Gasteiger charge is -2.12. The van der Waals surface area contributed by atoms with Crippen LogP contribution in [0.2, 0.25) is 0 Å². The first-order valence-electron chi connectivity index (χ1n) is 7.05. The van der Waals surface area contributed by atoms with Crippen LogP contribution in [0.5, 0.6) is 0 Å². The Kier molecular flexibility index (Phi) is 3.89. The third-order valence-electron chi connectivity index (χ3n) is 3.41. The first kappa shape index (κ1) is 14.9. The summed E-state index contributed by atoms with van der Waals surface area (Å²) in [6.07, 6.45) is 2.08. The molecule has 5 nitrogen and oxygen atoms in total. The molecule has 0 aliphatic heterocycles. The van der Waals surface area contributed by atoms with Crippen molar-refractivity contribution >= 4 is 17.0 Å². The molecule has 0 radical (unpaired) electrons. The summed E-state index contributed by atoms with van der Waals surface area (Å²) in [5.74, 6) is -0.639. The molecule has 0 N–H and O–H groups in total. The second-order valence-electron chi connectivity index (χ2n) is 4.83. The van der Waals surface area contributed by atoms with E-state index in [2.05, 4.69) is 4.98 Å². The molecule has 0 saturated heterocycles. The lowest BCUT2D eigenvalue weighted by molar-refractivity contribution is 0.155. The van der Waals surface area contributed by atoms with E-state index < -0.39 is 12.0 Å². The lowest BCUT2D eigenvalue weighted by atomic mass is 10.1. The SMILES string of the molecule is CCOC(=O)n1cc(-c2ccc(F)nc2)c(=O)c2ccccc21. The summed E-state index contributed by atoms with van der Waals surface area (Å²) < 4.78 is 19.3. The Balaban J connectivity index is 2.31. The van der Waals surface area contributed by atoms with E-state index in [0.29, 0.717) is 16.5 Å². The van der Waals surface area contributed by atoms with Crippen LogP contribution in [0.1, 0.15) is 6.92 Å². The molecule has 23 heavy (non-hydrogen) atoms. The molecule has 0 atom stereocenters. The highest BCUT2D eigenvalue weighted by molar-refractivity contribution is 5.91. The third kappa shape index (κ3) is 2.70. The van der Waals surface area contributed by atoms with E-state index in [9.17, 15) is 14.0 Å². The van der Waals surface area contributed by atoms with Crippen molar-refractivity contribution in [1.29, 1.82) is 0 Å². The number of halogens is 1. The zero-order chi connectivity index (χ0) is 16.4. The molecule has 0 fully saturated rings. The van der Waals surface area contributed by atoms with E-state index in [4.69, 9.17) is 4.74 Å². The molecule has 0 aliphatic carbocycles. The van der Waals surface area contributed by atoms with Crippen molar-refractivity contribution in [1.82, 2.24) is 9.55 Å². The molecule has 0 unspecified atom stereocenters. The Labute approximate surface area is 131 Å². The van der Waals surface area contributed by atoms with Gasteiger partial charge in [0.2, 0.25) is 5.95 Å². The summed E-state index contributed by atoms with van der Waals surface area (Å²) in [6.45, 7) is 1.92. The number of nitrogens with zero attached hydrogens (tertiary/aromatic N) is 2. The van der Waals surface area contributed by atoms with Crippen LogP contribution in [-0.4, -0.2) is 22.3 Å². The number of ether oxygens (including phenoxy) is 1. The molecule has 0 saturated carbocycles. The van der Waals surface area contributed by atoms with E-state index in [1.54, 1.807) is 31.2 Å². The van der Waals surface area contributed by atoms with Gasteiger partial charge in [-0.2, -0.15) is 4.39 Å². The fourth-order valence-corrected chi connectivity index (χ4v) is 2.36. The van der Waals surface area contributed by atoms with Gasteiger partial charge in [-0.25, -0.2) is 9.78 Å². The summed E-state index contributed by atoms with van der Waals surface area (Å²) in [4.78, 5) is 28.4. The first-order chi connectivity index (χ1) is 11.1. The predicted octanol–water partition coefficient (Wildman–Crippen LogP) is 3.21. The fraction of sp³-hybridized carbons (Fsp3) is 0.118. The van der Waals surface area contributed by atoms with Crippen LogP contribution in [0.15, 0.2) is 53.6 Å². The van der Waals surface area contributed by atoms with E-state index in [-0.39, 0.29) is 17.6 Å². The average molecular weight is 312 g/mol. The smallest absolute Gasteiger partial charge is 0.418 e. The molecule has 0 spiro atoms. The molecular formula is C17H13FN2O3. The summed E-state index contributed by atoms with van der Waals surface area (Å²) in [7, 11) is 0. The van der Waals surface area contributed by atoms with Gasteiger partial charge in [-0.3, -0.25) is 9.36 Å². The van der Waals surface area contributed by atoms with Crippen LogP contribution >= 0.6 is 0 Å². The van der Waals surface area contributed by atoms with Crippen molar-refractivity contribution in [3.63, 3.8) is 0 Å². The zero-order valence-electron chi connectivity index (χ0n) is 12.3. The van der Waals surface area contributed by atoms with Crippen molar-refractivity contribution < 1.29 is 13.9 Å². The molecule has 0 bridgehead atoms. The maximum Gasteiger partial charge on any atom is 0.418 e. The number of hydrogen-bond donors (Lipinski definition) is 0. The van der Waals surface area contributed by atoms with Crippen LogP contribution < -0.4 is 5.43 Å². The predicted molar refractivity (Wildman–Crippen MR) is 83.8 cm³/mol. The number of carbonyl (C=O) groups is 1. The van der Waals surface area contributed by atoms with Crippen LogP contribution in [0.4, 0.5) is 9.18 Å². The summed E-state index contributed by atoms with van der Waals surface area (Å²) >= 11 is 0. The van der Waals surface area contributed by atoms with Crippen molar-refractivity contribution in [3.05, 3.63) is 65.0 Å². The molecule has 116 valence electrons. The van der Waals surface area contributed by atoms with Crippen LogP contribution in [-0.2, 0) is 4.74 Å². The van der Waals surface area contributed by atoms with E-state index in [1.165, 1.54) is 29.1 Å². The van der Waals surface area contributed by atoms with Gasteiger partial charge in [0.05, 0.1) is 12.1 Å². The molecular weight excluding hydrogens is 299 g/mol. The van der Waals surface area contributed by atoms with Crippen LogP contribution in [0.3, 0.4) is 0 Å². The number of carbonyl (C=O) groups excluding carboxylic acids is 1. The van der Waals surface area contributed by atoms with Gasteiger partial charge >= 0.3 is 6.09 Å². The third-order valence-corrected chi connectivity index (χ3v) is 3.41. The number of pyridine rings is 2. The highest BCUT2D eigenvalue weighted by atomic mass is 19.1. The van der Waals surface area contributed by atoms with Gasteiger partial charge in [0, 0.05) is 28.9 Å². The monoisotopic (exact) mass is 312 g/mol. The topological polar surface area (TPSA) is 61.2 Å². The fourth-order valence-electron chi connectivity index (χ4n) is 2.36. The Morgan fingerprint density at radius 1 is 1.26 bits per heavy atom. The zero-order valence-corrected chi connectivity index (χ0v) is 12.3. The second kappa shape index (κ2) is 6.00. The van der Waals surface area contributed by atoms with Crippen LogP contribution in [0, 0.1) is 5.95 Å². The van der Waals surface area contributed by atoms with Crippen molar-refractivity contribution in [2.24, 2.45) is 0 Å². The summed E-state index contributed by atoms with van der Waals surface area (Å²) in [5, 5.41) is 0.377. The van der Waals surface area contributed by atoms with Gasteiger partial charge in [0.1, 0.15) is 0 Å². The molecule has 3 aromatic rings. The highest BCUT2D eigenvalue weighted by Gasteiger charge is 2.15. The number of aromatic nitrogens is 2. The number of benzene rings is 1. The quantitative estimate of drug-likeness (QED) is 0.682. The summed E-state index contributed by atoms with van der Waals surface area (Å²) in [6, 6.07) is 9.36.